The van der Waals surface area contributed by atoms with E-state index < -0.39 is 5.60 Å². The van der Waals surface area contributed by atoms with Crippen molar-refractivity contribution in [1.82, 2.24) is 29.5 Å². The highest BCUT2D eigenvalue weighted by Gasteiger charge is 2.52. The zero-order chi connectivity index (χ0) is 24.5. The standard InChI is InChI=1S/C26H33N7O2/c1-16(2)21-22(17-8-19(35-5)24-27-15-28-33(24)9-17)29-18-6-7-20(30-23(18)21)32-13-26(14-32)11-31(12-26)10-25(3,4)34/h6-9,15-16,29,34H,10-14H2,1-5H3. The number of nitrogens with zero attached hydrogens (tertiary/aromatic N) is 6. The lowest BCUT2D eigenvalue weighted by Crippen LogP contribution is -2.73. The number of aromatic nitrogens is 5. The molecule has 0 unspecified atom stereocenters. The van der Waals surface area contributed by atoms with E-state index in [0.29, 0.717) is 16.8 Å². The molecule has 0 saturated carbocycles. The maximum Gasteiger partial charge on any atom is 0.197 e. The molecule has 9 heteroatoms. The minimum absolute atomic E-state index is 0.281. The second-order valence-corrected chi connectivity index (χ2v) is 11.3. The van der Waals surface area contributed by atoms with Crippen molar-refractivity contribution in [2.45, 2.75) is 39.2 Å². The number of methoxy groups -OCH3 is 1. The SMILES string of the molecule is COc1cc(-c2[nH]c3ccc(N4CC5(CN(CC(C)(C)O)C5)C4)nc3c2C(C)C)cn2ncnc12. The van der Waals surface area contributed by atoms with Crippen LogP contribution in [0, 0.1) is 5.41 Å². The lowest BCUT2D eigenvalue weighted by Gasteiger charge is -2.61. The predicted molar refractivity (Wildman–Crippen MR) is 136 cm³/mol. The van der Waals surface area contributed by atoms with Gasteiger partial charge in [-0.05, 0) is 38.0 Å². The molecule has 2 saturated heterocycles. The Labute approximate surface area is 204 Å². The van der Waals surface area contributed by atoms with Gasteiger partial charge in [0.05, 0.1) is 29.4 Å². The maximum absolute atomic E-state index is 10.1. The monoisotopic (exact) mass is 475 g/mol. The number of ether oxygens (including phenoxy) is 1. The summed E-state index contributed by atoms with van der Waals surface area (Å²) >= 11 is 0. The van der Waals surface area contributed by atoms with Gasteiger partial charge in [-0.1, -0.05) is 13.8 Å². The maximum atomic E-state index is 10.1. The van der Waals surface area contributed by atoms with Crippen molar-refractivity contribution in [1.29, 1.82) is 0 Å². The smallest absolute Gasteiger partial charge is 0.197 e. The number of H-pyrrole nitrogens is 1. The van der Waals surface area contributed by atoms with Crippen molar-refractivity contribution in [2.75, 3.05) is 44.7 Å². The number of rotatable bonds is 6. The Hall–Kier alpha value is -3.17. The van der Waals surface area contributed by atoms with Crippen LogP contribution in [0.4, 0.5) is 5.82 Å². The summed E-state index contributed by atoms with van der Waals surface area (Å²) in [7, 11) is 1.65. The molecule has 6 rings (SSSR count). The number of anilines is 1. The summed E-state index contributed by atoms with van der Waals surface area (Å²) in [5, 5.41) is 14.4. The molecule has 0 bridgehead atoms. The summed E-state index contributed by atoms with van der Waals surface area (Å²) in [4.78, 5) is 17.8. The minimum atomic E-state index is -0.640. The van der Waals surface area contributed by atoms with E-state index in [1.165, 1.54) is 11.9 Å². The minimum Gasteiger partial charge on any atom is -0.493 e. The van der Waals surface area contributed by atoms with Crippen LogP contribution in [0.15, 0.2) is 30.7 Å². The van der Waals surface area contributed by atoms with E-state index in [9.17, 15) is 5.11 Å². The van der Waals surface area contributed by atoms with Gasteiger partial charge < -0.3 is 19.7 Å². The molecule has 4 aromatic heterocycles. The zero-order valence-electron chi connectivity index (χ0n) is 21.0. The number of aromatic amines is 1. The first kappa shape index (κ1) is 22.3. The van der Waals surface area contributed by atoms with Gasteiger partial charge in [-0.15, -0.1) is 0 Å². The molecule has 184 valence electrons. The van der Waals surface area contributed by atoms with Gasteiger partial charge in [0.25, 0.3) is 0 Å². The van der Waals surface area contributed by atoms with Gasteiger partial charge in [-0.3, -0.25) is 4.90 Å². The molecule has 6 heterocycles. The van der Waals surface area contributed by atoms with Gasteiger partial charge in [0.1, 0.15) is 12.1 Å². The Morgan fingerprint density at radius 3 is 2.66 bits per heavy atom. The van der Waals surface area contributed by atoms with Gasteiger partial charge in [0.2, 0.25) is 0 Å². The van der Waals surface area contributed by atoms with E-state index in [1.807, 2.05) is 26.1 Å². The van der Waals surface area contributed by atoms with Gasteiger partial charge in [-0.2, -0.15) is 5.10 Å². The summed E-state index contributed by atoms with van der Waals surface area (Å²) in [6.45, 7) is 13.0. The second-order valence-electron chi connectivity index (χ2n) is 11.3. The molecule has 0 atom stereocenters. The van der Waals surface area contributed by atoms with E-state index in [1.54, 1.807) is 11.6 Å². The van der Waals surface area contributed by atoms with Crippen LogP contribution in [-0.2, 0) is 0 Å². The highest BCUT2D eigenvalue weighted by molar-refractivity contribution is 5.90. The average Bonchev–Trinajstić information content (AvgIpc) is 3.36. The quantitative estimate of drug-likeness (QED) is 0.442. The van der Waals surface area contributed by atoms with Crippen LogP contribution in [0.25, 0.3) is 27.9 Å². The molecule has 0 aliphatic carbocycles. The first-order valence-corrected chi connectivity index (χ1v) is 12.2. The van der Waals surface area contributed by atoms with Gasteiger partial charge in [-0.25, -0.2) is 14.5 Å². The van der Waals surface area contributed by atoms with Crippen LogP contribution >= 0.6 is 0 Å². The average molecular weight is 476 g/mol. The molecule has 0 amide bonds. The molecular weight excluding hydrogens is 442 g/mol. The van der Waals surface area contributed by atoms with Crippen molar-refractivity contribution in [3.05, 3.63) is 36.3 Å². The number of pyridine rings is 2. The molecule has 35 heavy (non-hydrogen) atoms. The van der Waals surface area contributed by atoms with Crippen LogP contribution in [-0.4, -0.2) is 80.0 Å². The summed E-state index contributed by atoms with van der Waals surface area (Å²) in [6, 6.07) is 6.27. The molecule has 1 spiro atoms. The molecular formula is C26H33N7O2. The molecule has 2 aliphatic heterocycles. The van der Waals surface area contributed by atoms with E-state index in [-0.39, 0.29) is 5.92 Å². The Bertz CT molecular complexity index is 1400. The zero-order valence-corrected chi connectivity index (χ0v) is 21.0. The van der Waals surface area contributed by atoms with Crippen molar-refractivity contribution in [3.8, 4) is 17.0 Å². The third-order valence-electron chi connectivity index (χ3n) is 7.20. The first-order chi connectivity index (χ1) is 16.6. The highest BCUT2D eigenvalue weighted by Crippen LogP contribution is 2.43. The molecule has 0 aromatic carbocycles. The molecule has 2 fully saturated rings. The van der Waals surface area contributed by atoms with Crippen LogP contribution in [0.3, 0.4) is 0 Å². The number of aliphatic hydroxyl groups is 1. The van der Waals surface area contributed by atoms with E-state index in [2.05, 4.69) is 50.8 Å². The highest BCUT2D eigenvalue weighted by atomic mass is 16.5. The molecule has 0 radical (unpaired) electrons. The summed E-state index contributed by atoms with van der Waals surface area (Å²) < 4.78 is 7.34. The van der Waals surface area contributed by atoms with Crippen molar-refractivity contribution in [3.63, 3.8) is 0 Å². The van der Waals surface area contributed by atoms with Crippen molar-refractivity contribution >= 4 is 22.5 Å². The predicted octanol–water partition coefficient (Wildman–Crippen LogP) is 3.30. The second kappa shape index (κ2) is 7.66. The van der Waals surface area contributed by atoms with Gasteiger partial charge in [0, 0.05) is 55.5 Å². The normalized spacial score (nSPS) is 18.0. The number of β-amino-alcohol motifs (C(OH)–C–C–N with tert-alkyl or cyclic N) is 1. The third kappa shape index (κ3) is 3.73. The fourth-order valence-electron chi connectivity index (χ4n) is 5.91. The summed E-state index contributed by atoms with van der Waals surface area (Å²) in [5.74, 6) is 2.00. The summed E-state index contributed by atoms with van der Waals surface area (Å²) in [5.41, 5.74) is 5.67. The van der Waals surface area contributed by atoms with Crippen molar-refractivity contribution in [2.24, 2.45) is 5.41 Å². The number of fused-ring (bicyclic) bond motifs is 2. The number of hydrogen-bond donors (Lipinski definition) is 2. The Morgan fingerprint density at radius 1 is 1.20 bits per heavy atom. The number of hydrogen-bond acceptors (Lipinski definition) is 7. The molecule has 2 N–H and O–H groups in total. The van der Waals surface area contributed by atoms with Crippen LogP contribution < -0.4 is 9.64 Å². The van der Waals surface area contributed by atoms with Crippen LogP contribution in [0.2, 0.25) is 0 Å². The molecule has 4 aromatic rings. The Balaban J connectivity index is 1.30. The Morgan fingerprint density at radius 2 is 1.97 bits per heavy atom. The van der Waals surface area contributed by atoms with Gasteiger partial charge in [0.15, 0.2) is 11.4 Å². The van der Waals surface area contributed by atoms with Gasteiger partial charge >= 0.3 is 0 Å². The lowest BCUT2D eigenvalue weighted by atomic mass is 9.72. The van der Waals surface area contributed by atoms with E-state index in [4.69, 9.17) is 9.72 Å². The lowest BCUT2D eigenvalue weighted by molar-refractivity contribution is -0.0666. The number of nitrogens with one attached hydrogen (secondary N) is 1. The van der Waals surface area contributed by atoms with Crippen LogP contribution in [0.1, 0.15) is 39.2 Å². The Kier molecular flexibility index (Phi) is 4.88. The molecule has 9 nitrogen and oxygen atoms in total. The molecule has 2 aliphatic rings. The fraction of sp³-hybridized carbons (Fsp3) is 0.500. The van der Waals surface area contributed by atoms with Crippen molar-refractivity contribution < 1.29 is 9.84 Å². The number of likely N-dealkylation sites (tertiary alicyclic amines) is 1. The first-order valence-electron chi connectivity index (χ1n) is 12.2. The topological polar surface area (TPSA) is 94.8 Å². The van der Waals surface area contributed by atoms with E-state index >= 15 is 0 Å². The summed E-state index contributed by atoms with van der Waals surface area (Å²) in [6.07, 6.45) is 3.52. The largest absolute Gasteiger partial charge is 0.493 e. The fourth-order valence-corrected chi connectivity index (χ4v) is 5.91. The van der Waals surface area contributed by atoms with Crippen LogP contribution in [0.5, 0.6) is 5.75 Å². The van der Waals surface area contributed by atoms with E-state index in [0.717, 1.165) is 60.8 Å². The third-order valence-corrected chi connectivity index (χ3v) is 7.20.